The van der Waals surface area contributed by atoms with E-state index in [-0.39, 0.29) is 34.7 Å². The summed E-state index contributed by atoms with van der Waals surface area (Å²) in [6.45, 7) is 8.21. The fourth-order valence-electron chi connectivity index (χ4n) is 5.04. The monoisotopic (exact) mass is 719 g/mol. The molecular formula is C32H35ClF5N3O4S2. The second-order valence-corrected chi connectivity index (χ2v) is 13.1. The number of halogens is 6. The molecular weight excluding hydrogens is 685 g/mol. The van der Waals surface area contributed by atoms with E-state index in [0.29, 0.717) is 18.8 Å². The van der Waals surface area contributed by atoms with Gasteiger partial charge in [-0.3, -0.25) is 9.79 Å². The van der Waals surface area contributed by atoms with Gasteiger partial charge in [0.1, 0.15) is 22.4 Å². The molecule has 2 aromatic heterocycles. The number of nitrogens with zero attached hydrogens (tertiary/aromatic N) is 3. The lowest BCUT2D eigenvalue weighted by atomic mass is 9.91. The molecule has 0 saturated carbocycles. The van der Waals surface area contributed by atoms with Crippen LogP contribution in [0.2, 0.25) is 0 Å². The van der Waals surface area contributed by atoms with Crippen LogP contribution in [0, 0.1) is 19.8 Å². The van der Waals surface area contributed by atoms with E-state index < -0.39 is 41.1 Å². The summed E-state index contributed by atoms with van der Waals surface area (Å²) in [6, 6.07) is 7.91. The van der Waals surface area contributed by atoms with Crippen LogP contribution in [0.3, 0.4) is 0 Å². The summed E-state index contributed by atoms with van der Waals surface area (Å²) in [5.74, 6) is -0.206. The number of amides is 1. The minimum atomic E-state index is -4.97. The number of carbonyl (C=O) groups excluding carboxylic acids is 2. The Hall–Kier alpha value is -3.23. The zero-order chi connectivity index (χ0) is 35.1. The van der Waals surface area contributed by atoms with E-state index in [1.165, 1.54) is 0 Å². The smallest absolute Gasteiger partial charge is 0.434 e. The molecule has 3 aromatic rings. The van der Waals surface area contributed by atoms with Crippen molar-refractivity contribution in [2.24, 2.45) is 10.9 Å². The molecule has 3 heterocycles. The van der Waals surface area contributed by atoms with Gasteiger partial charge in [0.05, 0.1) is 31.2 Å². The van der Waals surface area contributed by atoms with Crippen LogP contribution in [0.4, 0.5) is 27.6 Å². The van der Waals surface area contributed by atoms with Crippen LogP contribution in [-0.2, 0) is 28.7 Å². The summed E-state index contributed by atoms with van der Waals surface area (Å²) in [6.07, 6.45) is -8.35. The molecule has 0 fully saturated rings. The van der Waals surface area contributed by atoms with Crippen LogP contribution >= 0.6 is 34.7 Å². The zero-order valence-corrected chi connectivity index (χ0v) is 29.0. The number of pyridine rings is 1. The number of para-hydroxylation sites is 1. The molecule has 1 aromatic carbocycles. The largest absolute Gasteiger partial charge is 0.496 e. The van der Waals surface area contributed by atoms with Gasteiger partial charge in [-0.15, -0.1) is 34.7 Å². The van der Waals surface area contributed by atoms with Crippen LogP contribution in [0.15, 0.2) is 34.6 Å². The van der Waals surface area contributed by atoms with Gasteiger partial charge in [0.25, 0.3) is 6.43 Å². The SMILES string of the molecule is COC(=O)c1c(C(F)F)nc(C(F)(F)F)c(C2=NCCS2)c1CC(C)C.COc1ccsc1CN(C(=O)CCl)c1c(C)cccc1C. The van der Waals surface area contributed by atoms with E-state index in [1.54, 1.807) is 37.2 Å². The first-order valence-electron chi connectivity index (χ1n) is 14.4. The number of thiophene rings is 1. The van der Waals surface area contributed by atoms with Crippen molar-refractivity contribution in [2.45, 2.75) is 53.3 Å². The van der Waals surface area contributed by atoms with Gasteiger partial charge in [-0.05, 0) is 54.3 Å². The first-order valence-corrected chi connectivity index (χ1v) is 16.8. The van der Waals surface area contributed by atoms with Gasteiger partial charge in [-0.2, -0.15) is 13.2 Å². The van der Waals surface area contributed by atoms with Crippen LogP contribution in [0.5, 0.6) is 5.75 Å². The van der Waals surface area contributed by atoms with Crippen molar-refractivity contribution in [3.8, 4) is 5.75 Å². The predicted octanol–water partition coefficient (Wildman–Crippen LogP) is 8.66. The third-order valence-corrected chi connectivity index (χ3v) is 9.07. The Labute approximate surface area is 283 Å². The molecule has 256 valence electrons. The normalized spacial score (nSPS) is 12.9. The number of carbonyl (C=O) groups is 2. The topological polar surface area (TPSA) is 81.1 Å². The minimum absolute atomic E-state index is 0.0231. The molecule has 1 amide bonds. The average molecular weight is 720 g/mol. The molecule has 0 N–H and O–H groups in total. The Bertz CT molecular complexity index is 1590. The fourth-order valence-corrected chi connectivity index (χ4v) is 6.94. The predicted molar refractivity (Wildman–Crippen MR) is 177 cm³/mol. The van der Waals surface area contributed by atoms with E-state index in [1.807, 2.05) is 43.5 Å². The van der Waals surface area contributed by atoms with Gasteiger partial charge in [-0.1, -0.05) is 32.0 Å². The highest BCUT2D eigenvalue weighted by molar-refractivity contribution is 8.14. The highest BCUT2D eigenvalue weighted by Gasteiger charge is 2.42. The lowest BCUT2D eigenvalue weighted by Gasteiger charge is -2.25. The summed E-state index contributed by atoms with van der Waals surface area (Å²) in [5.41, 5.74) is -0.742. The fraction of sp³-hybridized carbons (Fsp3) is 0.438. The lowest BCUT2D eigenvalue weighted by Crippen LogP contribution is -2.32. The van der Waals surface area contributed by atoms with Gasteiger partial charge in [0.2, 0.25) is 5.91 Å². The number of ether oxygens (including phenoxy) is 2. The summed E-state index contributed by atoms with van der Waals surface area (Å²) >= 11 is 8.45. The van der Waals surface area contributed by atoms with E-state index in [2.05, 4.69) is 14.7 Å². The van der Waals surface area contributed by atoms with Crippen molar-refractivity contribution in [1.29, 1.82) is 0 Å². The second kappa shape index (κ2) is 16.7. The van der Waals surface area contributed by atoms with Crippen molar-refractivity contribution >= 4 is 57.3 Å². The summed E-state index contributed by atoms with van der Waals surface area (Å²) in [4.78, 5) is 34.4. The molecule has 1 aliphatic heterocycles. The maximum atomic E-state index is 13.6. The zero-order valence-electron chi connectivity index (χ0n) is 26.6. The van der Waals surface area contributed by atoms with E-state index in [4.69, 9.17) is 16.3 Å². The van der Waals surface area contributed by atoms with Gasteiger partial charge < -0.3 is 14.4 Å². The van der Waals surface area contributed by atoms with E-state index in [0.717, 1.165) is 46.3 Å². The molecule has 47 heavy (non-hydrogen) atoms. The van der Waals surface area contributed by atoms with Gasteiger partial charge in [0, 0.05) is 23.5 Å². The Kier molecular flexibility index (Phi) is 13.6. The third kappa shape index (κ3) is 9.23. The number of hydrogen-bond donors (Lipinski definition) is 0. The van der Waals surface area contributed by atoms with E-state index >= 15 is 0 Å². The number of anilines is 1. The molecule has 0 atom stereocenters. The number of alkyl halides is 6. The first-order chi connectivity index (χ1) is 22.2. The third-order valence-electron chi connectivity index (χ3n) is 6.96. The number of aryl methyl sites for hydroxylation is 2. The number of thioether (sulfide) groups is 1. The van der Waals surface area contributed by atoms with Crippen LogP contribution < -0.4 is 9.64 Å². The van der Waals surface area contributed by atoms with Gasteiger partial charge in [0.15, 0.2) is 5.69 Å². The number of esters is 1. The molecule has 15 heteroatoms. The highest BCUT2D eigenvalue weighted by Crippen LogP contribution is 2.40. The van der Waals surface area contributed by atoms with Crippen molar-refractivity contribution in [2.75, 3.05) is 37.3 Å². The maximum absolute atomic E-state index is 13.6. The summed E-state index contributed by atoms with van der Waals surface area (Å²) < 4.78 is 77.5. The molecule has 0 saturated heterocycles. The summed E-state index contributed by atoms with van der Waals surface area (Å²) in [7, 11) is 2.62. The molecule has 0 spiro atoms. The van der Waals surface area contributed by atoms with Crippen LogP contribution in [0.25, 0.3) is 0 Å². The highest BCUT2D eigenvalue weighted by atomic mass is 35.5. The number of hydrogen-bond acceptors (Lipinski definition) is 8. The maximum Gasteiger partial charge on any atom is 0.434 e. The van der Waals surface area contributed by atoms with Crippen molar-refractivity contribution < 1.29 is 41.0 Å². The number of aliphatic imine (C=N–C) groups is 1. The van der Waals surface area contributed by atoms with Gasteiger partial charge >= 0.3 is 12.1 Å². The molecule has 0 radical (unpaired) electrons. The Morgan fingerprint density at radius 1 is 1.11 bits per heavy atom. The minimum Gasteiger partial charge on any atom is -0.496 e. The lowest BCUT2D eigenvalue weighted by molar-refractivity contribution is -0.141. The number of methoxy groups -OCH3 is 2. The molecule has 7 nitrogen and oxygen atoms in total. The molecule has 0 aliphatic carbocycles. The van der Waals surface area contributed by atoms with E-state index in [9.17, 15) is 31.5 Å². The molecule has 1 aliphatic rings. The van der Waals surface area contributed by atoms with Crippen molar-refractivity contribution in [1.82, 2.24) is 4.98 Å². The molecule has 0 bridgehead atoms. The molecule has 4 rings (SSSR count). The molecule has 0 unspecified atom stereocenters. The first kappa shape index (κ1) is 38.2. The number of aromatic nitrogens is 1. The van der Waals surface area contributed by atoms with Crippen LogP contribution in [0.1, 0.15) is 69.1 Å². The Morgan fingerprint density at radius 2 is 1.77 bits per heavy atom. The Balaban J connectivity index is 0.000000261. The summed E-state index contributed by atoms with van der Waals surface area (Å²) in [5, 5.41) is 2.02. The number of benzene rings is 1. The van der Waals surface area contributed by atoms with Crippen molar-refractivity contribution in [3.63, 3.8) is 0 Å². The van der Waals surface area contributed by atoms with Gasteiger partial charge in [-0.25, -0.2) is 18.6 Å². The number of rotatable bonds is 10. The second-order valence-electron chi connectivity index (χ2n) is 10.8. The van der Waals surface area contributed by atoms with Crippen LogP contribution in [-0.4, -0.2) is 54.3 Å². The quantitative estimate of drug-likeness (QED) is 0.119. The standard InChI is InChI=1S/C16H18ClNO2S.C16H17F5N2O2S/c1-11-5-4-6-12(2)16(11)18(15(19)9-17)10-14-13(20-3)7-8-21-14;1-7(2)6-8-9(15(24)25-3)11(13(17)18)23-12(16(19,20)21)10(8)14-22-4-5-26-14/h4-8H,9-10H2,1-3H3;7,13H,4-6H2,1-3H3. The average Bonchev–Trinajstić information content (AvgIpc) is 3.71. The Morgan fingerprint density at radius 3 is 2.26 bits per heavy atom. The van der Waals surface area contributed by atoms with Crippen molar-refractivity contribution in [3.05, 3.63) is 73.7 Å².